The number of anilines is 1. The first-order valence-electron chi connectivity index (χ1n) is 6.73. The summed E-state index contributed by atoms with van der Waals surface area (Å²) >= 11 is 12.0. The number of carboxylic acid groups (broad SMARTS) is 1. The molecule has 1 heterocycles. The molecule has 24 heavy (non-hydrogen) atoms. The lowest BCUT2D eigenvalue weighted by Crippen LogP contribution is -2.29. The van der Waals surface area contributed by atoms with E-state index in [4.69, 9.17) is 23.2 Å². The highest BCUT2D eigenvalue weighted by Crippen LogP contribution is 2.33. The summed E-state index contributed by atoms with van der Waals surface area (Å²) in [5.74, 6) is -0.180. The fraction of sp³-hybridized carbons (Fsp3) is 0.0625. The molecule has 2 rings (SSSR count). The second-order valence-corrected chi connectivity index (χ2v) is 5.32. The Kier molecular flexibility index (Phi) is 5.78. The monoisotopic (exact) mass is 365 g/mol. The van der Waals surface area contributed by atoms with Gasteiger partial charge in [0.1, 0.15) is 5.76 Å². The quantitative estimate of drug-likeness (QED) is 0.462. The van der Waals surface area contributed by atoms with Crippen LogP contribution in [-0.4, -0.2) is 32.8 Å². The molecule has 0 spiro atoms. The van der Waals surface area contributed by atoms with E-state index in [-0.39, 0.29) is 33.9 Å². The third-order valence-corrected chi connectivity index (χ3v) is 3.60. The Morgan fingerprint density at radius 1 is 1.29 bits per heavy atom. The van der Waals surface area contributed by atoms with Crippen molar-refractivity contribution in [1.29, 1.82) is 0 Å². The molecule has 1 aromatic carbocycles. The molecule has 2 N–H and O–H groups in total. The largest absolute Gasteiger partial charge is 0.507 e. The fourth-order valence-electron chi connectivity index (χ4n) is 1.98. The van der Waals surface area contributed by atoms with Crippen molar-refractivity contribution in [3.8, 4) is 0 Å². The molecule has 0 fully saturated rings. The van der Waals surface area contributed by atoms with Crippen molar-refractivity contribution in [2.24, 2.45) is 0 Å². The fourth-order valence-corrected chi connectivity index (χ4v) is 2.46. The van der Waals surface area contributed by atoms with E-state index in [9.17, 15) is 15.0 Å². The molecule has 124 valence electrons. The summed E-state index contributed by atoms with van der Waals surface area (Å²) in [5.41, 5.74) is 0.886. The van der Waals surface area contributed by atoms with Gasteiger partial charge in [0, 0.05) is 24.4 Å². The average molecular weight is 366 g/mol. The second kappa shape index (κ2) is 7.81. The van der Waals surface area contributed by atoms with Crippen LogP contribution in [-0.2, 0) is 0 Å². The number of hydrogen-bond acceptors (Lipinski definition) is 4. The molecule has 2 aromatic rings. The van der Waals surface area contributed by atoms with Crippen molar-refractivity contribution in [3.05, 3.63) is 64.7 Å². The minimum absolute atomic E-state index is 0.0411. The van der Waals surface area contributed by atoms with E-state index < -0.39 is 6.09 Å². The maximum Gasteiger partial charge on any atom is 0.412 e. The molecule has 0 saturated heterocycles. The highest BCUT2D eigenvalue weighted by molar-refractivity contribution is 6.35. The minimum Gasteiger partial charge on any atom is -0.507 e. The molecule has 0 atom stereocenters. The third-order valence-electron chi connectivity index (χ3n) is 3.02. The van der Waals surface area contributed by atoms with Gasteiger partial charge in [0.2, 0.25) is 5.28 Å². The molecule has 1 amide bonds. The smallest absolute Gasteiger partial charge is 0.412 e. The van der Waals surface area contributed by atoms with E-state index in [1.165, 1.54) is 24.4 Å². The number of halogens is 2. The van der Waals surface area contributed by atoms with Gasteiger partial charge in [0.15, 0.2) is 0 Å². The van der Waals surface area contributed by atoms with Crippen LogP contribution < -0.4 is 4.90 Å². The van der Waals surface area contributed by atoms with E-state index in [0.717, 1.165) is 4.90 Å². The SMILES string of the molecule is C=CCN(C(=O)O)c1cccc(C(O)=Cc2ccnc(Cl)n2)c1Cl. The Labute approximate surface area is 148 Å². The Morgan fingerprint density at radius 3 is 2.67 bits per heavy atom. The Balaban J connectivity index is 2.46. The van der Waals surface area contributed by atoms with Crippen molar-refractivity contribution >= 4 is 46.8 Å². The van der Waals surface area contributed by atoms with Crippen LogP contribution in [0.25, 0.3) is 11.8 Å². The molecule has 8 heteroatoms. The highest BCUT2D eigenvalue weighted by Gasteiger charge is 2.19. The maximum atomic E-state index is 11.4. The van der Waals surface area contributed by atoms with E-state index >= 15 is 0 Å². The molecule has 0 aliphatic carbocycles. The third kappa shape index (κ3) is 4.04. The molecule has 0 unspecified atom stereocenters. The van der Waals surface area contributed by atoms with Gasteiger partial charge in [-0.1, -0.05) is 23.7 Å². The minimum atomic E-state index is -1.18. The summed E-state index contributed by atoms with van der Waals surface area (Å²) in [6.45, 7) is 3.58. The summed E-state index contributed by atoms with van der Waals surface area (Å²) in [4.78, 5) is 20.1. The van der Waals surface area contributed by atoms with Crippen molar-refractivity contribution in [2.75, 3.05) is 11.4 Å². The normalized spacial score (nSPS) is 11.2. The van der Waals surface area contributed by atoms with Crippen molar-refractivity contribution in [2.45, 2.75) is 0 Å². The standard InChI is InChI=1S/C16H13Cl2N3O3/c1-2-8-21(16(23)24)12-5-3-4-11(14(12)17)13(22)9-10-6-7-19-15(18)20-10/h2-7,9,22H,1,8H2,(H,23,24). The Morgan fingerprint density at radius 2 is 2.04 bits per heavy atom. The first-order valence-corrected chi connectivity index (χ1v) is 7.49. The number of hydrogen-bond donors (Lipinski definition) is 2. The molecular formula is C16H13Cl2N3O3. The molecule has 0 saturated carbocycles. The first-order chi connectivity index (χ1) is 11.4. The van der Waals surface area contributed by atoms with Crippen molar-refractivity contribution < 1.29 is 15.0 Å². The van der Waals surface area contributed by atoms with Crippen LogP contribution in [0.2, 0.25) is 10.3 Å². The van der Waals surface area contributed by atoms with Crippen LogP contribution in [0.5, 0.6) is 0 Å². The van der Waals surface area contributed by atoms with E-state index in [1.807, 2.05) is 0 Å². The maximum absolute atomic E-state index is 11.4. The van der Waals surface area contributed by atoms with Crippen molar-refractivity contribution in [3.63, 3.8) is 0 Å². The second-order valence-electron chi connectivity index (χ2n) is 4.60. The summed E-state index contributed by atoms with van der Waals surface area (Å²) in [6, 6.07) is 6.25. The lowest BCUT2D eigenvalue weighted by Gasteiger charge is -2.20. The number of aliphatic hydroxyl groups is 1. The van der Waals surface area contributed by atoms with Crippen LogP contribution in [0.1, 0.15) is 11.3 Å². The Bertz CT molecular complexity index is 809. The van der Waals surface area contributed by atoms with Gasteiger partial charge in [-0.3, -0.25) is 4.90 Å². The summed E-state index contributed by atoms with van der Waals surface area (Å²) < 4.78 is 0. The van der Waals surface area contributed by atoms with Gasteiger partial charge < -0.3 is 10.2 Å². The van der Waals surface area contributed by atoms with E-state index in [2.05, 4.69) is 16.5 Å². The molecule has 0 aliphatic heterocycles. The lowest BCUT2D eigenvalue weighted by molar-refractivity contribution is 0.202. The molecular weight excluding hydrogens is 353 g/mol. The number of benzene rings is 1. The molecule has 1 aromatic heterocycles. The van der Waals surface area contributed by atoms with Gasteiger partial charge in [-0.05, 0) is 29.8 Å². The zero-order valence-corrected chi connectivity index (χ0v) is 13.9. The predicted octanol–water partition coefficient (Wildman–Crippen LogP) is 4.51. The van der Waals surface area contributed by atoms with Crippen LogP contribution in [0.4, 0.5) is 10.5 Å². The predicted molar refractivity (Wildman–Crippen MR) is 94.6 cm³/mol. The molecule has 0 aliphatic rings. The topological polar surface area (TPSA) is 86.6 Å². The van der Waals surface area contributed by atoms with Crippen LogP contribution in [0.3, 0.4) is 0 Å². The van der Waals surface area contributed by atoms with Gasteiger partial charge in [-0.2, -0.15) is 0 Å². The van der Waals surface area contributed by atoms with Crippen molar-refractivity contribution in [1.82, 2.24) is 9.97 Å². The van der Waals surface area contributed by atoms with Gasteiger partial charge in [-0.25, -0.2) is 14.8 Å². The highest BCUT2D eigenvalue weighted by atomic mass is 35.5. The zero-order valence-electron chi connectivity index (χ0n) is 12.4. The van der Waals surface area contributed by atoms with E-state index in [1.54, 1.807) is 18.2 Å². The molecule has 6 nitrogen and oxygen atoms in total. The van der Waals surface area contributed by atoms with Gasteiger partial charge in [0.05, 0.1) is 16.4 Å². The van der Waals surface area contributed by atoms with E-state index in [0.29, 0.717) is 5.69 Å². The average Bonchev–Trinajstić information content (AvgIpc) is 2.53. The Hall–Kier alpha value is -2.57. The summed E-state index contributed by atoms with van der Waals surface area (Å²) in [7, 11) is 0. The summed E-state index contributed by atoms with van der Waals surface area (Å²) in [5, 5.41) is 19.7. The lowest BCUT2D eigenvalue weighted by atomic mass is 10.1. The van der Waals surface area contributed by atoms with Gasteiger partial charge in [0.25, 0.3) is 0 Å². The number of rotatable bonds is 5. The van der Waals surface area contributed by atoms with Crippen LogP contribution >= 0.6 is 23.2 Å². The zero-order chi connectivity index (χ0) is 17.7. The number of carbonyl (C=O) groups is 1. The molecule has 0 bridgehead atoms. The number of amides is 1. The number of aliphatic hydroxyl groups excluding tert-OH is 1. The molecule has 0 radical (unpaired) electrons. The van der Waals surface area contributed by atoms with Crippen LogP contribution in [0, 0.1) is 0 Å². The number of nitrogens with zero attached hydrogens (tertiary/aromatic N) is 3. The summed E-state index contributed by atoms with van der Waals surface area (Å²) in [6.07, 6.45) is 3.07. The van der Waals surface area contributed by atoms with Gasteiger partial charge in [-0.15, -0.1) is 6.58 Å². The van der Waals surface area contributed by atoms with Gasteiger partial charge >= 0.3 is 6.09 Å². The van der Waals surface area contributed by atoms with Crippen LogP contribution in [0.15, 0.2) is 43.1 Å². The number of aromatic nitrogens is 2. The first kappa shape index (κ1) is 17.8.